The number of hydrogen-bond acceptors (Lipinski definition) is 4. The standard InChI is InChI=1S/C19H15BrN2O3S/c20-16-8-4-9-17(14-16)25-13-2-1-12-22-26(23,24)18-10-3-6-15-7-5-11-21-19(15)18/h3-11,14,22H,12-13H2. The molecule has 3 rings (SSSR count). The highest BCUT2D eigenvalue weighted by Crippen LogP contribution is 2.20. The predicted molar refractivity (Wildman–Crippen MR) is 104 cm³/mol. The monoisotopic (exact) mass is 430 g/mol. The van der Waals surface area contributed by atoms with Crippen LogP contribution in [0.15, 0.2) is 70.2 Å². The summed E-state index contributed by atoms with van der Waals surface area (Å²) in [5.41, 5.74) is 0.438. The largest absolute Gasteiger partial charge is 0.481 e. The van der Waals surface area contributed by atoms with Crippen molar-refractivity contribution in [2.75, 3.05) is 13.2 Å². The van der Waals surface area contributed by atoms with Crippen LogP contribution in [0.2, 0.25) is 0 Å². The second-order valence-electron chi connectivity index (χ2n) is 5.26. The van der Waals surface area contributed by atoms with Crippen LogP contribution in [-0.4, -0.2) is 26.6 Å². The predicted octanol–water partition coefficient (Wildman–Crippen LogP) is 3.36. The first kappa shape index (κ1) is 18.4. The van der Waals surface area contributed by atoms with E-state index in [9.17, 15) is 8.42 Å². The summed E-state index contributed by atoms with van der Waals surface area (Å²) < 4.78 is 33.8. The van der Waals surface area contributed by atoms with Gasteiger partial charge in [0.1, 0.15) is 17.3 Å². The molecule has 0 saturated carbocycles. The number of rotatable bonds is 5. The molecule has 26 heavy (non-hydrogen) atoms. The van der Waals surface area contributed by atoms with Gasteiger partial charge in [0.05, 0.1) is 12.1 Å². The number of fused-ring (bicyclic) bond motifs is 1. The summed E-state index contributed by atoms with van der Waals surface area (Å²) in [5, 5.41) is 0.767. The van der Waals surface area contributed by atoms with Gasteiger partial charge >= 0.3 is 0 Å². The van der Waals surface area contributed by atoms with E-state index in [2.05, 4.69) is 37.5 Å². The number of sulfonamides is 1. The number of ether oxygens (including phenoxy) is 1. The molecule has 1 N–H and O–H groups in total. The van der Waals surface area contributed by atoms with Crippen molar-refractivity contribution in [3.63, 3.8) is 0 Å². The van der Waals surface area contributed by atoms with Gasteiger partial charge in [-0.3, -0.25) is 4.98 Å². The highest BCUT2D eigenvalue weighted by Gasteiger charge is 2.16. The van der Waals surface area contributed by atoms with Crippen LogP contribution in [0.25, 0.3) is 10.9 Å². The minimum atomic E-state index is -3.69. The van der Waals surface area contributed by atoms with Crippen LogP contribution >= 0.6 is 15.9 Å². The molecule has 5 nitrogen and oxygen atoms in total. The molecule has 2 aromatic carbocycles. The molecule has 1 heterocycles. The molecule has 7 heteroatoms. The van der Waals surface area contributed by atoms with Crippen LogP contribution < -0.4 is 9.46 Å². The van der Waals surface area contributed by atoms with Crippen molar-refractivity contribution in [2.45, 2.75) is 4.90 Å². The molecule has 0 spiro atoms. The minimum Gasteiger partial charge on any atom is -0.481 e. The van der Waals surface area contributed by atoms with Gasteiger partial charge in [-0.05, 0) is 30.3 Å². The molecular weight excluding hydrogens is 416 g/mol. The van der Waals surface area contributed by atoms with Gasteiger partial charge in [-0.15, -0.1) is 0 Å². The quantitative estimate of drug-likeness (QED) is 0.630. The molecule has 0 aliphatic heterocycles. The third kappa shape index (κ3) is 4.61. The first-order chi connectivity index (χ1) is 12.6. The average Bonchev–Trinajstić information content (AvgIpc) is 2.64. The molecule has 0 amide bonds. The fourth-order valence-electron chi connectivity index (χ4n) is 2.29. The molecule has 3 aromatic rings. The number of nitrogens with zero attached hydrogens (tertiary/aromatic N) is 1. The lowest BCUT2D eigenvalue weighted by Gasteiger charge is -2.06. The van der Waals surface area contributed by atoms with Crippen molar-refractivity contribution in [3.05, 3.63) is 65.3 Å². The third-order valence-corrected chi connectivity index (χ3v) is 5.39. The fraction of sp³-hybridized carbons (Fsp3) is 0.105. The van der Waals surface area contributed by atoms with E-state index >= 15 is 0 Å². The Morgan fingerprint density at radius 3 is 2.73 bits per heavy atom. The highest BCUT2D eigenvalue weighted by molar-refractivity contribution is 9.10. The smallest absolute Gasteiger partial charge is 0.243 e. The van der Waals surface area contributed by atoms with Gasteiger partial charge in [-0.25, -0.2) is 8.42 Å². The van der Waals surface area contributed by atoms with E-state index < -0.39 is 10.0 Å². The molecule has 0 unspecified atom stereocenters. The van der Waals surface area contributed by atoms with E-state index in [0.717, 1.165) is 9.86 Å². The number of pyridine rings is 1. The van der Waals surface area contributed by atoms with E-state index in [0.29, 0.717) is 11.3 Å². The highest BCUT2D eigenvalue weighted by atomic mass is 79.9. The van der Waals surface area contributed by atoms with E-state index in [1.807, 2.05) is 36.4 Å². The zero-order valence-corrected chi connectivity index (χ0v) is 16.0. The maximum atomic E-state index is 12.5. The van der Waals surface area contributed by atoms with Crippen molar-refractivity contribution in [3.8, 4) is 17.6 Å². The Bertz CT molecular complexity index is 1080. The number of para-hydroxylation sites is 1. The fourth-order valence-corrected chi connectivity index (χ4v) is 3.77. The van der Waals surface area contributed by atoms with Gasteiger partial charge in [0, 0.05) is 16.1 Å². The van der Waals surface area contributed by atoms with Gasteiger partial charge in [-0.1, -0.05) is 52.0 Å². The number of hydrogen-bond donors (Lipinski definition) is 1. The van der Waals surface area contributed by atoms with Gasteiger partial charge in [0.25, 0.3) is 0 Å². The lowest BCUT2D eigenvalue weighted by Crippen LogP contribution is -2.24. The van der Waals surface area contributed by atoms with Crippen LogP contribution in [0, 0.1) is 11.8 Å². The third-order valence-electron chi connectivity index (χ3n) is 3.47. The number of benzene rings is 2. The molecule has 0 saturated heterocycles. The van der Waals surface area contributed by atoms with Crippen LogP contribution in [0.4, 0.5) is 0 Å². The number of aromatic nitrogens is 1. The summed E-state index contributed by atoms with van der Waals surface area (Å²) in [4.78, 5) is 4.31. The number of halogens is 1. The summed E-state index contributed by atoms with van der Waals surface area (Å²) in [7, 11) is -3.69. The SMILES string of the molecule is O=S(=O)(NCC#CCOc1cccc(Br)c1)c1cccc2cccnc12. The first-order valence-electron chi connectivity index (χ1n) is 7.74. The Morgan fingerprint density at radius 2 is 1.88 bits per heavy atom. The van der Waals surface area contributed by atoms with E-state index in [1.54, 1.807) is 18.3 Å². The minimum absolute atomic E-state index is 0.00655. The van der Waals surface area contributed by atoms with Gasteiger partial charge in [-0.2, -0.15) is 4.72 Å². The summed E-state index contributed by atoms with van der Waals surface area (Å²) >= 11 is 3.36. The maximum Gasteiger partial charge on any atom is 0.243 e. The van der Waals surface area contributed by atoms with E-state index in [4.69, 9.17) is 4.74 Å². The first-order valence-corrected chi connectivity index (χ1v) is 10.0. The Kier molecular flexibility index (Phi) is 5.89. The molecule has 132 valence electrons. The lowest BCUT2D eigenvalue weighted by molar-refractivity contribution is 0.370. The maximum absolute atomic E-state index is 12.5. The van der Waals surface area contributed by atoms with Crippen LogP contribution in [0.5, 0.6) is 5.75 Å². The Hall–Kier alpha value is -2.40. The van der Waals surface area contributed by atoms with Crippen LogP contribution in [0.1, 0.15) is 0 Å². The van der Waals surface area contributed by atoms with Crippen molar-refractivity contribution in [1.29, 1.82) is 0 Å². The Morgan fingerprint density at radius 1 is 1.08 bits per heavy atom. The molecule has 1 aromatic heterocycles. The second kappa shape index (κ2) is 8.32. The molecule has 0 atom stereocenters. The molecule has 0 radical (unpaired) electrons. The van der Waals surface area contributed by atoms with Gasteiger partial charge in [0.2, 0.25) is 10.0 Å². The number of nitrogens with one attached hydrogen (secondary N) is 1. The summed E-state index contributed by atoms with van der Waals surface area (Å²) in [6, 6.07) is 16.0. The van der Waals surface area contributed by atoms with Crippen LogP contribution in [-0.2, 0) is 10.0 Å². The summed E-state index contributed by atoms with van der Waals surface area (Å²) in [5.74, 6) is 6.22. The summed E-state index contributed by atoms with van der Waals surface area (Å²) in [6.45, 7) is 0.168. The zero-order chi connectivity index (χ0) is 18.4. The molecule has 0 aliphatic carbocycles. The van der Waals surface area contributed by atoms with E-state index in [1.165, 1.54) is 6.07 Å². The molecular formula is C19H15BrN2O3S. The van der Waals surface area contributed by atoms with Crippen molar-refractivity contribution in [1.82, 2.24) is 9.71 Å². The second-order valence-corrected chi connectivity index (χ2v) is 7.91. The van der Waals surface area contributed by atoms with Gasteiger partial charge < -0.3 is 4.74 Å². The zero-order valence-electron chi connectivity index (χ0n) is 13.6. The lowest BCUT2D eigenvalue weighted by atomic mass is 10.2. The van der Waals surface area contributed by atoms with Gasteiger partial charge in [0.15, 0.2) is 0 Å². The van der Waals surface area contributed by atoms with Crippen molar-refractivity contribution >= 4 is 36.9 Å². The van der Waals surface area contributed by atoms with E-state index in [-0.39, 0.29) is 18.0 Å². The molecule has 0 fully saturated rings. The Labute approximate surface area is 160 Å². The average molecular weight is 431 g/mol. The van der Waals surface area contributed by atoms with Crippen molar-refractivity contribution in [2.24, 2.45) is 0 Å². The Balaban J connectivity index is 1.61. The summed E-state index contributed by atoms with van der Waals surface area (Å²) in [6.07, 6.45) is 1.57. The molecule has 0 aliphatic rings. The topological polar surface area (TPSA) is 68.3 Å². The molecule has 0 bridgehead atoms. The van der Waals surface area contributed by atoms with Crippen LogP contribution in [0.3, 0.4) is 0 Å². The normalized spacial score (nSPS) is 11.0. The van der Waals surface area contributed by atoms with Crippen molar-refractivity contribution < 1.29 is 13.2 Å².